The Labute approximate surface area is 93.8 Å². The number of hydrogen-bond donors (Lipinski definition) is 0. The zero-order valence-electron chi connectivity index (χ0n) is 9.07. The van der Waals surface area contributed by atoms with Gasteiger partial charge in [-0.15, -0.1) is 0 Å². The normalized spacial score (nSPS) is 53.2. The van der Waals surface area contributed by atoms with Crippen LogP contribution in [0.25, 0.3) is 0 Å². The Balaban J connectivity index is 1.83. The number of allylic oxidation sites excluding steroid dienone is 1. The fraction of sp³-hybridized carbons (Fsp3) is 0.692. The zero-order chi connectivity index (χ0) is 11.0. The molecule has 3 fully saturated rings. The van der Waals surface area contributed by atoms with Gasteiger partial charge in [-0.25, -0.2) is 0 Å². The smallest absolute Gasteiger partial charge is 0.177 e. The number of rotatable bonds is 0. The molecule has 0 radical (unpaired) electrons. The molecule has 16 heavy (non-hydrogen) atoms. The quantitative estimate of drug-likeness (QED) is 0.454. The molecule has 0 aromatic carbocycles. The molecule has 4 aliphatic carbocycles. The highest BCUT2D eigenvalue weighted by atomic mass is 16.6. The number of ether oxygens (including phenoxy) is 1. The van der Waals surface area contributed by atoms with Crippen molar-refractivity contribution in [1.82, 2.24) is 0 Å². The molecule has 5 aliphatic rings. The van der Waals surface area contributed by atoms with E-state index < -0.39 is 5.60 Å². The van der Waals surface area contributed by atoms with E-state index >= 15 is 0 Å². The van der Waals surface area contributed by atoms with Crippen molar-refractivity contribution in [2.75, 3.05) is 6.61 Å². The largest absolute Gasteiger partial charge is 0.361 e. The first-order valence-electron chi connectivity index (χ1n) is 6.07. The number of Topliss-reactive ketones (excluding diaryl/α,β-unsaturated/α-hetero) is 2. The van der Waals surface area contributed by atoms with Crippen LogP contribution in [0.15, 0.2) is 12.2 Å². The summed E-state index contributed by atoms with van der Waals surface area (Å²) in [4.78, 5) is 24.1. The highest BCUT2D eigenvalue weighted by Crippen LogP contribution is 2.61. The van der Waals surface area contributed by atoms with Crippen molar-refractivity contribution in [3.8, 4) is 0 Å². The molecule has 2 bridgehead atoms. The van der Waals surface area contributed by atoms with Gasteiger partial charge in [-0.1, -0.05) is 12.2 Å². The van der Waals surface area contributed by atoms with Crippen molar-refractivity contribution in [2.24, 2.45) is 17.3 Å². The fourth-order valence-corrected chi connectivity index (χ4v) is 4.00. The van der Waals surface area contributed by atoms with E-state index in [9.17, 15) is 9.59 Å². The highest BCUT2D eigenvalue weighted by Gasteiger charge is 2.70. The van der Waals surface area contributed by atoms with Crippen LogP contribution >= 0.6 is 0 Å². The first-order valence-corrected chi connectivity index (χ1v) is 6.07. The number of hydrogen-bond acceptors (Lipinski definition) is 3. The summed E-state index contributed by atoms with van der Waals surface area (Å²) in [7, 11) is 0. The van der Waals surface area contributed by atoms with Crippen LogP contribution in [0.2, 0.25) is 0 Å². The maximum absolute atomic E-state index is 12.5. The molecule has 2 spiro atoms. The molecule has 0 N–H and O–H groups in total. The third-order valence-electron chi connectivity index (χ3n) is 5.05. The molecule has 4 atom stereocenters. The van der Waals surface area contributed by atoms with Crippen molar-refractivity contribution >= 4 is 11.6 Å². The maximum Gasteiger partial charge on any atom is 0.177 e. The van der Waals surface area contributed by atoms with Gasteiger partial charge in [0.05, 0.1) is 12.0 Å². The van der Waals surface area contributed by atoms with Gasteiger partial charge in [0, 0.05) is 18.8 Å². The van der Waals surface area contributed by atoms with E-state index in [1.165, 1.54) is 0 Å². The molecular weight excluding hydrogens is 204 g/mol. The molecule has 0 amide bonds. The summed E-state index contributed by atoms with van der Waals surface area (Å²) in [5.74, 6) is 1.09. The second kappa shape index (κ2) is 2.48. The van der Waals surface area contributed by atoms with E-state index in [0.29, 0.717) is 31.7 Å². The van der Waals surface area contributed by atoms with E-state index in [1.807, 2.05) is 0 Å². The minimum atomic E-state index is -0.467. The lowest BCUT2D eigenvalue weighted by atomic mass is 9.50. The summed E-state index contributed by atoms with van der Waals surface area (Å²) in [5.41, 5.74) is -0.815. The van der Waals surface area contributed by atoms with Crippen LogP contribution in [0.5, 0.6) is 0 Å². The Morgan fingerprint density at radius 1 is 1.38 bits per heavy atom. The Kier molecular flexibility index (Phi) is 1.41. The fourth-order valence-electron chi connectivity index (χ4n) is 4.00. The molecule has 0 aromatic rings. The summed E-state index contributed by atoms with van der Waals surface area (Å²) >= 11 is 0. The van der Waals surface area contributed by atoms with Crippen LogP contribution in [0, 0.1) is 17.3 Å². The number of carbonyl (C=O) groups excluding carboxylic acids is 2. The van der Waals surface area contributed by atoms with Crippen LogP contribution in [0.4, 0.5) is 0 Å². The molecule has 5 rings (SSSR count). The molecule has 3 nitrogen and oxygen atoms in total. The van der Waals surface area contributed by atoms with Gasteiger partial charge in [0.25, 0.3) is 0 Å². The Bertz CT molecular complexity index is 432. The lowest BCUT2D eigenvalue weighted by Gasteiger charge is -2.51. The third kappa shape index (κ3) is 0.819. The van der Waals surface area contributed by atoms with Crippen molar-refractivity contribution in [3.63, 3.8) is 0 Å². The zero-order valence-corrected chi connectivity index (χ0v) is 9.07. The van der Waals surface area contributed by atoms with Gasteiger partial charge < -0.3 is 4.74 Å². The Morgan fingerprint density at radius 3 is 2.94 bits per heavy atom. The molecule has 84 valence electrons. The summed E-state index contributed by atoms with van der Waals surface area (Å²) in [5, 5.41) is 0. The molecule has 2 saturated carbocycles. The molecular formula is C13H14O3. The highest BCUT2D eigenvalue weighted by molar-refractivity contribution is 6.00. The van der Waals surface area contributed by atoms with E-state index in [-0.39, 0.29) is 23.0 Å². The van der Waals surface area contributed by atoms with Gasteiger partial charge in [-0.3, -0.25) is 9.59 Å². The van der Waals surface area contributed by atoms with Gasteiger partial charge in [0.1, 0.15) is 5.78 Å². The minimum Gasteiger partial charge on any atom is -0.361 e. The summed E-state index contributed by atoms with van der Waals surface area (Å²) < 4.78 is 5.47. The van der Waals surface area contributed by atoms with Gasteiger partial charge in [-0.05, 0) is 18.8 Å². The number of carbonyl (C=O) groups is 2. The van der Waals surface area contributed by atoms with Gasteiger partial charge in [0.2, 0.25) is 0 Å². The molecule has 3 heteroatoms. The average molecular weight is 218 g/mol. The Hall–Kier alpha value is -0.960. The van der Waals surface area contributed by atoms with E-state index in [0.717, 1.165) is 6.42 Å². The second-order valence-corrected chi connectivity index (χ2v) is 5.69. The SMILES string of the molecule is O=C1CC[C@@]23C=C[C@@H](C[C@H]2C1)[C@]1(CO1)C3=O. The lowest BCUT2D eigenvalue weighted by molar-refractivity contribution is -0.148. The number of ketones is 2. The third-order valence-corrected chi connectivity index (χ3v) is 5.05. The standard InChI is InChI=1S/C13H14O3/c14-10-2-4-12-3-1-8(5-9(12)6-10)13(7-16-13)11(12)15/h1,3,8-9H,2,4-7H2/t8-,9-,12-,13+/m0/s1. The average Bonchev–Trinajstić information content (AvgIpc) is 3.06. The molecule has 1 saturated heterocycles. The van der Waals surface area contributed by atoms with Crippen molar-refractivity contribution in [3.05, 3.63) is 12.2 Å². The second-order valence-electron chi connectivity index (χ2n) is 5.69. The van der Waals surface area contributed by atoms with Crippen molar-refractivity contribution in [2.45, 2.75) is 31.3 Å². The van der Waals surface area contributed by atoms with E-state index in [2.05, 4.69) is 12.2 Å². The van der Waals surface area contributed by atoms with Crippen LogP contribution in [-0.4, -0.2) is 23.8 Å². The topological polar surface area (TPSA) is 46.7 Å². The van der Waals surface area contributed by atoms with Crippen molar-refractivity contribution in [1.29, 1.82) is 0 Å². The van der Waals surface area contributed by atoms with Crippen LogP contribution < -0.4 is 0 Å². The van der Waals surface area contributed by atoms with Crippen LogP contribution in [-0.2, 0) is 14.3 Å². The first kappa shape index (κ1) is 9.11. The monoisotopic (exact) mass is 218 g/mol. The van der Waals surface area contributed by atoms with Crippen molar-refractivity contribution < 1.29 is 14.3 Å². The van der Waals surface area contributed by atoms with E-state index in [1.54, 1.807) is 0 Å². The lowest BCUT2D eigenvalue weighted by Crippen LogP contribution is -2.58. The summed E-state index contributed by atoms with van der Waals surface area (Å²) in [6.45, 7) is 0.600. The minimum absolute atomic E-state index is 0.234. The van der Waals surface area contributed by atoms with Gasteiger partial charge >= 0.3 is 0 Å². The molecule has 1 heterocycles. The van der Waals surface area contributed by atoms with Crippen LogP contribution in [0.1, 0.15) is 25.7 Å². The molecule has 0 unspecified atom stereocenters. The Morgan fingerprint density at radius 2 is 2.19 bits per heavy atom. The number of epoxide rings is 1. The maximum atomic E-state index is 12.5. The molecule has 1 aliphatic heterocycles. The summed E-state index contributed by atoms with van der Waals surface area (Å²) in [6, 6.07) is 0. The van der Waals surface area contributed by atoms with Gasteiger partial charge in [0.15, 0.2) is 11.4 Å². The van der Waals surface area contributed by atoms with Crippen LogP contribution in [0.3, 0.4) is 0 Å². The van der Waals surface area contributed by atoms with Gasteiger partial charge in [-0.2, -0.15) is 0 Å². The molecule has 0 aromatic heterocycles. The predicted octanol–water partition coefficient (Wildman–Crippen LogP) is 1.27. The summed E-state index contributed by atoms with van der Waals surface area (Å²) in [6.07, 6.45) is 7.10. The van der Waals surface area contributed by atoms with E-state index in [4.69, 9.17) is 4.74 Å². The predicted molar refractivity (Wildman–Crippen MR) is 55.7 cm³/mol. The first-order chi connectivity index (χ1) is 7.67.